The molecule has 2 aromatic carbocycles. The molecule has 1 aromatic heterocycles. The van der Waals surface area contributed by atoms with Gasteiger partial charge in [-0.15, -0.1) is 0 Å². The monoisotopic (exact) mass is 549 g/mol. The predicted molar refractivity (Wildman–Crippen MR) is 124 cm³/mol. The average Bonchev–Trinajstić information content (AvgIpc) is 2.82. The highest BCUT2D eigenvalue weighted by molar-refractivity contribution is 6.31. The number of carbonyl (C=O) groups excluding carboxylic acids is 1. The number of amides is 1. The first-order valence-corrected chi connectivity index (χ1v) is 11.3. The number of hydrogen-bond donors (Lipinski definition) is 0. The fourth-order valence-electron chi connectivity index (χ4n) is 3.87. The molecule has 0 aliphatic rings. The van der Waals surface area contributed by atoms with Crippen LogP contribution >= 0.6 is 11.6 Å². The summed E-state index contributed by atoms with van der Waals surface area (Å²) in [6, 6.07) is 4.10. The minimum Gasteiger partial charge on any atom is -0.385 e. The van der Waals surface area contributed by atoms with Crippen molar-refractivity contribution in [3.8, 4) is 0 Å². The van der Waals surface area contributed by atoms with E-state index in [1.54, 1.807) is 0 Å². The van der Waals surface area contributed by atoms with Crippen molar-refractivity contribution >= 4 is 28.4 Å². The first-order valence-electron chi connectivity index (χ1n) is 10.9. The zero-order valence-corrected chi connectivity index (χ0v) is 20.6. The number of hydrogen-bond acceptors (Lipinski definition) is 4. The molecule has 6 nitrogen and oxygen atoms in total. The van der Waals surface area contributed by atoms with E-state index >= 15 is 0 Å². The highest BCUT2D eigenvalue weighted by Gasteiger charge is 2.38. The summed E-state index contributed by atoms with van der Waals surface area (Å²) in [5.74, 6) is -1.03. The maximum absolute atomic E-state index is 13.4. The van der Waals surface area contributed by atoms with Crippen LogP contribution in [0.1, 0.15) is 46.7 Å². The van der Waals surface area contributed by atoms with Gasteiger partial charge in [-0.25, -0.2) is 4.98 Å². The number of rotatable bonds is 7. The highest BCUT2D eigenvalue weighted by Crippen LogP contribution is 2.37. The summed E-state index contributed by atoms with van der Waals surface area (Å²) in [5.41, 5.74) is -4.27. The molecule has 1 amide bonds. The summed E-state index contributed by atoms with van der Waals surface area (Å²) >= 11 is 6.01. The predicted octanol–water partition coefficient (Wildman–Crippen LogP) is 5.86. The molecule has 3 aromatic rings. The molecule has 0 bridgehead atoms. The number of fused-ring (bicyclic) bond motifs is 1. The molecule has 37 heavy (non-hydrogen) atoms. The molecule has 200 valence electrons. The summed E-state index contributed by atoms with van der Waals surface area (Å²) in [6.45, 7) is 1.53. The van der Waals surface area contributed by atoms with E-state index < -0.39 is 46.6 Å². The minimum atomic E-state index is -5.12. The number of benzene rings is 2. The highest BCUT2D eigenvalue weighted by atomic mass is 35.5. The molecule has 0 radical (unpaired) electrons. The maximum atomic E-state index is 13.4. The lowest BCUT2D eigenvalue weighted by Gasteiger charge is -2.30. The Balaban J connectivity index is 2.15. The molecule has 13 heteroatoms. The van der Waals surface area contributed by atoms with Crippen molar-refractivity contribution in [1.29, 1.82) is 0 Å². The van der Waals surface area contributed by atoms with Gasteiger partial charge in [0.25, 0.3) is 11.5 Å². The minimum absolute atomic E-state index is 0.0478. The van der Waals surface area contributed by atoms with Gasteiger partial charge in [0.1, 0.15) is 5.82 Å². The van der Waals surface area contributed by atoms with Gasteiger partial charge in [-0.2, -0.15) is 26.3 Å². The van der Waals surface area contributed by atoms with Gasteiger partial charge in [-0.3, -0.25) is 14.2 Å². The van der Waals surface area contributed by atoms with Crippen LogP contribution in [0.4, 0.5) is 26.3 Å². The zero-order chi connectivity index (χ0) is 27.7. The third-order valence-electron chi connectivity index (χ3n) is 5.76. The molecule has 0 saturated heterocycles. The van der Waals surface area contributed by atoms with Gasteiger partial charge in [-0.05, 0) is 49.7 Å². The summed E-state index contributed by atoms with van der Waals surface area (Å²) in [7, 11) is 2.80. The van der Waals surface area contributed by atoms with E-state index in [-0.39, 0.29) is 42.4 Å². The number of ether oxygens (including phenoxy) is 1. The van der Waals surface area contributed by atoms with Gasteiger partial charge < -0.3 is 9.64 Å². The quantitative estimate of drug-likeness (QED) is 0.273. The van der Waals surface area contributed by atoms with Gasteiger partial charge in [0.05, 0.1) is 28.1 Å². The number of halogens is 7. The lowest BCUT2D eigenvalue weighted by molar-refractivity contribution is -0.143. The summed E-state index contributed by atoms with van der Waals surface area (Å²) in [5, 5.41) is 0.538. The lowest BCUT2D eigenvalue weighted by Crippen LogP contribution is -2.38. The van der Waals surface area contributed by atoms with E-state index in [1.165, 1.54) is 43.8 Å². The molecule has 0 saturated carbocycles. The number of nitrogens with zero attached hydrogens (tertiary/aromatic N) is 3. The van der Waals surface area contributed by atoms with E-state index in [9.17, 15) is 35.9 Å². The van der Waals surface area contributed by atoms with Crippen molar-refractivity contribution in [3.05, 3.63) is 74.3 Å². The second-order valence-corrected chi connectivity index (χ2v) is 8.75. The Morgan fingerprint density at radius 2 is 1.68 bits per heavy atom. The number of aromatic nitrogens is 2. The number of alkyl halides is 6. The van der Waals surface area contributed by atoms with Crippen LogP contribution in [0.5, 0.6) is 0 Å². The Morgan fingerprint density at radius 3 is 2.22 bits per heavy atom. The van der Waals surface area contributed by atoms with Crippen molar-refractivity contribution in [3.63, 3.8) is 0 Å². The van der Waals surface area contributed by atoms with Crippen LogP contribution in [0.3, 0.4) is 0 Å². The van der Waals surface area contributed by atoms with E-state index in [2.05, 4.69) is 4.98 Å². The molecule has 0 spiro atoms. The third kappa shape index (κ3) is 6.24. The zero-order valence-electron chi connectivity index (χ0n) is 19.9. The normalized spacial score (nSPS) is 13.1. The molecular formula is C24H22ClF6N3O3. The number of methoxy groups -OCH3 is 1. The Hall–Kier alpha value is -3.12. The van der Waals surface area contributed by atoms with Gasteiger partial charge in [0.15, 0.2) is 0 Å². The molecule has 1 unspecified atom stereocenters. The largest absolute Gasteiger partial charge is 0.416 e. The summed E-state index contributed by atoms with van der Waals surface area (Å²) < 4.78 is 86.5. The van der Waals surface area contributed by atoms with Gasteiger partial charge in [-0.1, -0.05) is 11.6 Å². The third-order valence-corrected chi connectivity index (χ3v) is 5.99. The van der Waals surface area contributed by atoms with Crippen LogP contribution in [0.25, 0.3) is 10.9 Å². The number of carbonyl (C=O) groups is 1. The molecule has 0 N–H and O–H groups in total. The van der Waals surface area contributed by atoms with Crippen molar-refractivity contribution in [1.82, 2.24) is 14.5 Å². The fourth-order valence-corrected chi connectivity index (χ4v) is 4.04. The molecule has 1 heterocycles. The fraction of sp³-hybridized carbons (Fsp3) is 0.375. The van der Waals surface area contributed by atoms with Crippen molar-refractivity contribution in [2.24, 2.45) is 7.05 Å². The first kappa shape index (κ1) is 28.5. The maximum Gasteiger partial charge on any atom is 0.416 e. The van der Waals surface area contributed by atoms with E-state index in [0.29, 0.717) is 17.2 Å². The standard InChI is InChI=1S/C24H22ClF6N3O3/c1-13(20-32-19-12-17(25)5-6-18(19)22(36)33(20)2)34(7-4-8-37-3)21(35)14-9-15(23(26,27)28)11-16(10-14)24(29,30)31/h5-6,9-13H,4,7-8H2,1-3H3. The smallest absolute Gasteiger partial charge is 0.385 e. The Bertz CT molecular complexity index is 1340. The molecule has 1 atom stereocenters. The van der Waals surface area contributed by atoms with E-state index in [1.807, 2.05) is 0 Å². The SMILES string of the molecule is COCCCN(C(=O)c1cc(C(F)(F)F)cc(C(F)(F)F)c1)C(C)c1nc2cc(Cl)ccc2c(=O)n1C. The molecule has 0 fully saturated rings. The summed E-state index contributed by atoms with van der Waals surface area (Å²) in [6.07, 6.45) is -10.0. The van der Waals surface area contributed by atoms with Crippen LogP contribution in [0, 0.1) is 0 Å². The second kappa shape index (κ2) is 10.7. The van der Waals surface area contributed by atoms with Crippen molar-refractivity contribution in [2.45, 2.75) is 31.7 Å². The van der Waals surface area contributed by atoms with Crippen LogP contribution in [0.2, 0.25) is 5.02 Å². The van der Waals surface area contributed by atoms with Crippen LogP contribution in [0.15, 0.2) is 41.2 Å². The Labute approximate surface area is 212 Å². The topological polar surface area (TPSA) is 64.4 Å². The van der Waals surface area contributed by atoms with Gasteiger partial charge >= 0.3 is 12.4 Å². The first-order chi connectivity index (χ1) is 17.1. The van der Waals surface area contributed by atoms with Crippen LogP contribution in [-0.4, -0.2) is 40.6 Å². The summed E-state index contributed by atoms with van der Waals surface area (Å²) in [4.78, 5) is 31.8. The molecule has 0 aliphatic carbocycles. The van der Waals surface area contributed by atoms with E-state index in [4.69, 9.17) is 16.3 Å². The van der Waals surface area contributed by atoms with Crippen molar-refractivity contribution in [2.75, 3.05) is 20.3 Å². The molecule has 0 aliphatic heterocycles. The average molecular weight is 550 g/mol. The Morgan fingerprint density at radius 1 is 1.08 bits per heavy atom. The van der Waals surface area contributed by atoms with Crippen LogP contribution < -0.4 is 5.56 Å². The van der Waals surface area contributed by atoms with Gasteiger partial charge in [0.2, 0.25) is 0 Å². The van der Waals surface area contributed by atoms with E-state index in [0.717, 1.165) is 4.90 Å². The van der Waals surface area contributed by atoms with Gasteiger partial charge in [0, 0.05) is 37.9 Å². The van der Waals surface area contributed by atoms with Crippen LogP contribution in [-0.2, 0) is 24.1 Å². The molecular weight excluding hydrogens is 528 g/mol. The second-order valence-electron chi connectivity index (χ2n) is 8.31. The lowest BCUT2D eigenvalue weighted by atomic mass is 10.0. The molecule has 3 rings (SSSR count). The van der Waals surface area contributed by atoms with Crippen molar-refractivity contribution < 1.29 is 35.9 Å². The Kier molecular flexibility index (Phi) is 8.23.